The van der Waals surface area contributed by atoms with E-state index in [9.17, 15) is 4.79 Å². The Morgan fingerprint density at radius 2 is 1.79 bits per heavy atom. The van der Waals surface area contributed by atoms with E-state index in [0.29, 0.717) is 6.54 Å². The normalized spacial score (nSPS) is 11.4. The van der Waals surface area contributed by atoms with Gasteiger partial charge in [-0.2, -0.15) is 0 Å². The highest BCUT2D eigenvalue weighted by Crippen LogP contribution is 2.29. The molecule has 0 N–H and O–H groups in total. The van der Waals surface area contributed by atoms with Gasteiger partial charge in [0.1, 0.15) is 6.61 Å². The van der Waals surface area contributed by atoms with Crippen LogP contribution in [0.1, 0.15) is 17.2 Å². The number of carbonyl (C=O) groups excluding carboxylic acids is 1. The van der Waals surface area contributed by atoms with Gasteiger partial charge >= 0.3 is 6.09 Å². The maximum atomic E-state index is 12.6. The third kappa shape index (κ3) is 4.59. The summed E-state index contributed by atoms with van der Waals surface area (Å²) in [4.78, 5) is 14.2. The Morgan fingerprint density at radius 1 is 1.12 bits per heavy atom. The molecule has 24 heavy (non-hydrogen) atoms. The van der Waals surface area contributed by atoms with Crippen LogP contribution in [0.4, 0.5) is 4.79 Å². The number of hydrogen-bond donors (Lipinski definition) is 0. The third-order valence-electron chi connectivity index (χ3n) is 3.55. The molecule has 2 aromatic rings. The number of benzene rings is 2. The molecule has 0 aromatic heterocycles. The van der Waals surface area contributed by atoms with Gasteiger partial charge in [0.2, 0.25) is 0 Å². The minimum absolute atomic E-state index is 0.229. The van der Waals surface area contributed by atoms with Crippen molar-refractivity contribution in [2.45, 2.75) is 12.6 Å². The van der Waals surface area contributed by atoms with Crippen molar-refractivity contribution in [1.29, 1.82) is 0 Å². The van der Waals surface area contributed by atoms with Crippen LogP contribution in [-0.2, 0) is 11.3 Å². The molecule has 1 amide bonds. The van der Waals surface area contributed by atoms with Crippen LogP contribution in [0, 0.1) is 0 Å². The molecule has 0 heterocycles. The molecule has 1 unspecified atom stereocenters. The number of hydrogen-bond acceptors (Lipinski definition) is 2. The van der Waals surface area contributed by atoms with Crippen molar-refractivity contribution in [3.8, 4) is 0 Å². The number of ether oxygens (including phenoxy) is 1. The van der Waals surface area contributed by atoms with Crippen molar-refractivity contribution in [3.63, 3.8) is 0 Å². The van der Waals surface area contributed by atoms with E-state index in [4.69, 9.17) is 4.74 Å². The van der Waals surface area contributed by atoms with Gasteiger partial charge in [0.25, 0.3) is 0 Å². The van der Waals surface area contributed by atoms with Crippen molar-refractivity contribution in [1.82, 2.24) is 4.90 Å². The second-order valence-corrected chi connectivity index (χ2v) is 6.04. The molecule has 0 aliphatic carbocycles. The van der Waals surface area contributed by atoms with Crippen molar-refractivity contribution in [3.05, 3.63) is 95.5 Å². The number of rotatable bonds is 7. The molecule has 4 heteroatoms. The highest BCUT2D eigenvalue weighted by atomic mass is 79.9. The largest absolute Gasteiger partial charge is 0.445 e. The van der Waals surface area contributed by atoms with Crippen LogP contribution in [-0.4, -0.2) is 17.5 Å². The zero-order valence-corrected chi connectivity index (χ0v) is 15.0. The quantitative estimate of drug-likeness (QED) is 0.588. The first-order valence-electron chi connectivity index (χ1n) is 7.62. The van der Waals surface area contributed by atoms with Crippen LogP contribution < -0.4 is 0 Å². The summed E-state index contributed by atoms with van der Waals surface area (Å²) in [6, 6.07) is 17.0. The van der Waals surface area contributed by atoms with Crippen LogP contribution in [0.25, 0.3) is 0 Å². The first kappa shape index (κ1) is 18.0. The second kappa shape index (κ2) is 9.08. The second-order valence-electron chi connectivity index (χ2n) is 5.18. The Labute approximate surface area is 151 Å². The van der Waals surface area contributed by atoms with E-state index in [-0.39, 0.29) is 12.6 Å². The summed E-state index contributed by atoms with van der Waals surface area (Å²) in [7, 11) is 0. The fraction of sp³-hybridized carbons (Fsp3) is 0.150. The standard InChI is InChI=1S/C20H20BrNO2/c1-3-14-22(19(4-2)17-12-8-9-13-18(17)21)20(23)24-15-16-10-6-5-7-11-16/h3-13,19H,1-2,14-15H2. The molecular formula is C20H20BrNO2. The molecule has 0 aliphatic heterocycles. The first-order chi connectivity index (χ1) is 11.7. The van der Waals surface area contributed by atoms with Crippen molar-refractivity contribution in [2.24, 2.45) is 0 Å². The zero-order chi connectivity index (χ0) is 17.4. The van der Waals surface area contributed by atoms with Gasteiger partial charge in [-0.15, -0.1) is 13.2 Å². The molecule has 0 fully saturated rings. The fourth-order valence-corrected chi connectivity index (χ4v) is 2.90. The van der Waals surface area contributed by atoms with Gasteiger partial charge in [-0.05, 0) is 17.2 Å². The van der Waals surface area contributed by atoms with E-state index in [1.165, 1.54) is 0 Å². The molecule has 0 saturated heterocycles. The van der Waals surface area contributed by atoms with Crippen molar-refractivity contribution >= 4 is 22.0 Å². The molecule has 2 aromatic carbocycles. The monoisotopic (exact) mass is 385 g/mol. The lowest BCUT2D eigenvalue weighted by Crippen LogP contribution is -2.34. The number of carbonyl (C=O) groups is 1. The maximum Gasteiger partial charge on any atom is 0.411 e. The van der Waals surface area contributed by atoms with E-state index < -0.39 is 6.09 Å². The summed E-state index contributed by atoms with van der Waals surface area (Å²) in [6.07, 6.45) is 3.00. The van der Waals surface area contributed by atoms with Crippen molar-refractivity contribution in [2.75, 3.05) is 6.54 Å². The van der Waals surface area contributed by atoms with Crippen LogP contribution in [0.3, 0.4) is 0 Å². The number of amides is 1. The minimum atomic E-state index is -0.403. The average molecular weight is 386 g/mol. The smallest absolute Gasteiger partial charge is 0.411 e. The van der Waals surface area contributed by atoms with Gasteiger partial charge in [-0.1, -0.05) is 76.6 Å². The first-order valence-corrected chi connectivity index (χ1v) is 8.42. The summed E-state index contributed by atoms with van der Waals surface area (Å²) in [5.74, 6) is 0. The molecule has 1 atom stereocenters. The van der Waals surface area contributed by atoms with Crippen LogP contribution in [0.2, 0.25) is 0 Å². The van der Waals surface area contributed by atoms with Gasteiger partial charge < -0.3 is 4.74 Å². The third-order valence-corrected chi connectivity index (χ3v) is 4.27. The van der Waals surface area contributed by atoms with Crippen LogP contribution >= 0.6 is 15.9 Å². The van der Waals surface area contributed by atoms with E-state index in [0.717, 1.165) is 15.6 Å². The predicted molar refractivity (Wildman–Crippen MR) is 101 cm³/mol. The lowest BCUT2D eigenvalue weighted by atomic mass is 10.1. The molecule has 0 aliphatic rings. The zero-order valence-electron chi connectivity index (χ0n) is 13.4. The highest BCUT2D eigenvalue weighted by Gasteiger charge is 2.24. The number of halogens is 1. The maximum absolute atomic E-state index is 12.6. The molecule has 2 rings (SSSR count). The molecule has 3 nitrogen and oxygen atoms in total. The lowest BCUT2D eigenvalue weighted by molar-refractivity contribution is 0.0917. The van der Waals surface area contributed by atoms with Gasteiger partial charge in [-0.25, -0.2) is 4.79 Å². The average Bonchev–Trinajstić information content (AvgIpc) is 2.62. The SMILES string of the molecule is C=CCN(C(=O)OCc1ccccc1)C(C=C)c1ccccc1Br. The summed E-state index contributed by atoms with van der Waals surface area (Å²) < 4.78 is 6.38. The Morgan fingerprint density at radius 3 is 2.42 bits per heavy atom. The summed E-state index contributed by atoms with van der Waals surface area (Å²) >= 11 is 3.53. The summed E-state index contributed by atoms with van der Waals surface area (Å²) in [5, 5.41) is 0. The Bertz CT molecular complexity index is 700. The van der Waals surface area contributed by atoms with Gasteiger partial charge in [0.15, 0.2) is 0 Å². The van der Waals surface area contributed by atoms with Gasteiger partial charge in [-0.3, -0.25) is 4.90 Å². The van der Waals surface area contributed by atoms with E-state index in [2.05, 4.69) is 29.1 Å². The Hall–Kier alpha value is -2.33. The molecular weight excluding hydrogens is 366 g/mol. The fourth-order valence-electron chi connectivity index (χ4n) is 2.38. The van der Waals surface area contributed by atoms with E-state index in [1.54, 1.807) is 17.1 Å². The molecule has 0 bridgehead atoms. The Balaban J connectivity index is 2.17. The Kier molecular flexibility index (Phi) is 6.82. The molecule has 0 saturated carbocycles. The van der Waals surface area contributed by atoms with Crippen LogP contribution in [0.15, 0.2) is 84.4 Å². The topological polar surface area (TPSA) is 29.5 Å². The highest BCUT2D eigenvalue weighted by molar-refractivity contribution is 9.10. The van der Waals surface area contributed by atoms with Gasteiger partial charge in [0.05, 0.1) is 6.04 Å². The van der Waals surface area contributed by atoms with Crippen molar-refractivity contribution < 1.29 is 9.53 Å². The number of nitrogens with zero attached hydrogens (tertiary/aromatic N) is 1. The summed E-state index contributed by atoms with van der Waals surface area (Å²) in [6.45, 7) is 8.21. The van der Waals surface area contributed by atoms with Crippen LogP contribution in [0.5, 0.6) is 0 Å². The minimum Gasteiger partial charge on any atom is -0.445 e. The van der Waals surface area contributed by atoms with E-state index in [1.807, 2.05) is 54.6 Å². The molecule has 124 valence electrons. The van der Waals surface area contributed by atoms with E-state index >= 15 is 0 Å². The molecule has 0 spiro atoms. The summed E-state index contributed by atoms with van der Waals surface area (Å²) in [5.41, 5.74) is 1.89. The predicted octanol–water partition coefficient (Wildman–Crippen LogP) is 5.50. The molecule has 0 radical (unpaired) electrons. The van der Waals surface area contributed by atoms with Gasteiger partial charge in [0, 0.05) is 11.0 Å². The lowest BCUT2D eigenvalue weighted by Gasteiger charge is -2.29.